The summed E-state index contributed by atoms with van der Waals surface area (Å²) in [7, 11) is 0. The fourth-order valence-corrected chi connectivity index (χ4v) is 2.30. The van der Waals surface area contributed by atoms with Gasteiger partial charge < -0.3 is 14.3 Å². The summed E-state index contributed by atoms with van der Waals surface area (Å²) < 4.78 is 7.39. The number of nitrogens with one attached hydrogen (secondary N) is 1. The summed E-state index contributed by atoms with van der Waals surface area (Å²) in [6.07, 6.45) is 8.63. The Morgan fingerprint density at radius 2 is 2.00 bits per heavy atom. The number of aromatic nitrogens is 2. The van der Waals surface area contributed by atoms with Gasteiger partial charge in [-0.2, -0.15) is 0 Å². The molecule has 1 N–H and O–H groups in total. The van der Waals surface area contributed by atoms with Crippen molar-refractivity contribution >= 4 is 12.0 Å². The Labute approximate surface area is 140 Å². The molecule has 2 heterocycles. The van der Waals surface area contributed by atoms with E-state index in [4.69, 9.17) is 4.42 Å². The summed E-state index contributed by atoms with van der Waals surface area (Å²) in [6.45, 7) is 3.15. The van der Waals surface area contributed by atoms with Gasteiger partial charge in [-0.3, -0.25) is 4.79 Å². The van der Waals surface area contributed by atoms with Crippen molar-refractivity contribution in [1.29, 1.82) is 0 Å². The SMILES string of the molecule is Cc1ccc(/C=C/C(=O)NCc2ccc(Cn3ccnc3)cc2)o1. The number of nitrogens with zero attached hydrogens (tertiary/aromatic N) is 2. The Morgan fingerprint density at radius 1 is 1.21 bits per heavy atom. The van der Waals surface area contributed by atoms with Crippen LogP contribution in [0, 0.1) is 6.92 Å². The zero-order chi connectivity index (χ0) is 16.8. The van der Waals surface area contributed by atoms with Gasteiger partial charge in [-0.1, -0.05) is 24.3 Å². The van der Waals surface area contributed by atoms with E-state index < -0.39 is 0 Å². The first kappa shape index (κ1) is 15.8. The third kappa shape index (κ3) is 4.46. The van der Waals surface area contributed by atoms with Gasteiger partial charge in [0.05, 0.1) is 6.33 Å². The van der Waals surface area contributed by atoms with Crippen LogP contribution in [0.4, 0.5) is 0 Å². The fourth-order valence-electron chi connectivity index (χ4n) is 2.30. The number of hydrogen-bond donors (Lipinski definition) is 1. The van der Waals surface area contributed by atoms with E-state index in [9.17, 15) is 4.79 Å². The van der Waals surface area contributed by atoms with Crippen molar-refractivity contribution in [3.8, 4) is 0 Å². The fraction of sp³-hybridized carbons (Fsp3) is 0.158. The molecule has 24 heavy (non-hydrogen) atoms. The average molecular weight is 321 g/mol. The van der Waals surface area contributed by atoms with Gasteiger partial charge in [0.1, 0.15) is 11.5 Å². The second-order valence-electron chi connectivity index (χ2n) is 5.55. The van der Waals surface area contributed by atoms with Gasteiger partial charge in [-0.05, 0) is 36.3 Å². The van der Waals surface area contributed by atoms with Crippen LogP contribution in [0.5, 0.6) is 0 Å². The molecule has 0 aliphatic rings. The maximum atomic E-state index is 11.8. The topological polar surface area (TPSA) is 60.1 Å². The number of furan rings is 1. The van der Waals surface area contributed by atoms with Crippen molar-refractivity contribution in [2.24, 2.45) is 0 Å². The third-order valence-corrected chi connectivity index (χ3v) is 3.57. The smallest absolute Gasteiger partial charge is 0.244 e. The lowest BCUT2D eigenvalue weighted by molar-refractivity contribution is -0.116. The Balaban J connectivity index is 1.49. The van der Waals surface area contributed by atoms with Crippen LogP contribution >= 0.6 is 0 Å². The number of carbonyl (C=O) groups excluding carboxylic acids is 1. The molecule has 3 rings (SSSR count). The number of amides is 1. The number of rotatable bonds is 6. The van der Waals surface area contributed by atoms with E-state index in [-0.39, 0.29) is 5.91 Å². The maximum absolute atomic E-state index is 11.8. The summed E-state index contributed by atoms with van der Waals surface area (Å²) in [5.74, 6) is 1.35. The van der Waals surface area contributed by atoms with Crippen LogP contribution in [0.25, 0.3) is 6.08 Å². The highest BCUT2D eigenvalue weighted by Gasteiger charge is 2.00. The molecular weight excluding hydrogens is 302 g/mol. The number of imidazole rings is 1. The Morgan fingerprint density at radius 3 is 2.67 bits per heavy atom. The highest BCUT2D eigenvalue weighted by atomic mass is 16.3. The summed E-state index contributed by atoms with van der Waals surface area (Å²) in [6, 6.07) is 11.9. The van der Waals surface area contributed by atoms with E-state index in [1.165, 1.54) is 11.6 Å². The number of benzene rings is 1. The molecule has 3 aromatic rings. The normalized spacial score (nSPS) is 11.0. The number of hydrogen-bond acceptors (Lipinski definition) is 3. The van der Waals surface area contributed by atoms with Crippen molar-refractivity contribution in [2.75, 3.05) is 0 Å². The van der Waals surface area contributed by atoms with Gasteiger partial charge in [0.25, 0.3) is 0 Å². The second-order valence-corrected chi connectivity index (χ2v) is 5.55. The van der Waals surface area contributed by atoms with E-state index in [0.29, 0.717) is 12.3 Å². The van der Waals surface area contributed by atoms with E-state index >= 15 is 0 Å². The van der Waals surface area contributed by atoms with Gasteiger partial charge in [0.2, 0.25) is 5.91 Å². The summed E-state index contributed by atoms with van der Waals surface area (Å²) in [5.41, 5.74) is 2.25. The molecule has 2 aromatic heterocycles. The maximum Gasteiger partial charge on any atom is 0.244 e. The number of carbonyl (C=O) groups is 1. The minimum Gasteiger partial charge on any atom is -0.462 e. The molecule has 0 spiro atoms. The van der Waals surface area contributed by atoms with Gasteiger partial charge in [0, 0.05) is 31.6 Å². The van der Waals surface area contributed by atoms with Crippen molar-refractivity contribution < 1.29 is 9.21 Å². The third-order valence-electron chi connectivity index (χ3n) is 3.57. The second kappa shape index (κ2) is 7.46. The molecule has 0 saturated heterocycles. The summed E-state index contributed by atoms with van der Waals surface area (Å²) in [4.78, 5) is 15.9. The Bertz CT molecular complexity index is 815. The molecule has 122 valence electrons. The quantitative estimate of drug-likeness (QED) is 0.709. The molecule has 0 atom stereocenters. The lowest BCUT2D eigenvalue weighted by Gasteiger charge is -2.06. The minimum absolute atomic E-state index is 0.147. The first-order chi connectivity index (χ1) is 11.7. The Hall–Kier alpha value is -3.08. The molecule has 0 aliphatic heterocycles. The van der Waals surface area contributed by atoms with Crippen molar-refractivity contribution in [3.05, 3.63) is 83.8 Å². The largest absolute Gasteiger partial charge is 0.462 e. The molecule has 0 unspecified atom stereocenters. The first-order valence-electron chi connectivity index (χ1n) is 7.75. The summed E-state index contributed by atoms with van der Waals surface area (Å²) in [5, 5.41) is 2.86. The number of aryl methyl sites for hydroxylation is 1. The van der Waals surface area contributed by atoms with Crippen LogP contribution < -0.4 is 5.32 Å². The molecule has 0 saturated carbocycles. The van der Waals surface area contributed by atoms with Crippen LogP contribution in [0.2, 0.25) is 0 Å². The predicted molar refractivity (Wildman–Crippen MR) is 92.1 cm³/mol. The highest BCUT2D eigenvalue weighted by molar-refractivity contribution is 5.91. The van der Waals surface area contributed by atoms with Gasteiger partial charge >= 0.3 is 0 Å². The van der Waals surface area contributed by atoms with E-state index in [1.807, 2.05) is 42.0 Å². The molecule has 0 aliphatic carbocycles. The first-order valence-corrected chi connectivity index (χ1v) is 7.75. The van der Waals surface area contributed by atoms with E-state index in [1.54, 1.807) is 18.6 Å². The van der Waals surface area contributed by atoms with Crippen LogP contribution in [0.3, 0.4) is 0 Å². The average Bonchev–Trinajstić information content (AvgIpc) is 3.24. The molecule has 0 fully saturated rings. The molecule has 1 amide bonds. The zero-order valence-corrected chi connectivity index (χ0v) is 13.5. The highest BCUT2D eigenvalue weighted by Crippen LogP contribution is 2.08. The predicted octanol–water partition coefficient (Wildman–Crippen LogP) is 3.16. The van der Waals surface area contributed by atoms with Crippen LogP contribution in [-0.4, -0.2) is 15.5 Å². The molecule has 0 radical (unpaired) electrons. The molecule has 5 heteroatoms. The van der Waals surface area contributed by atoms with Gasteiger partial charge in [0.15, 0.2) is 0 Å². The molecule has 0 bridgehead atoms. The monoisotopic (exact) mass is 321 g/mol. The van der Waals surface area contributed by atoms with E-state index in [0.717, 1.165) is 17.9 Å². The van der Waals surface area contributed by atoms with Crippen molar-refractivity contribution in [1.82, 2.24) is 14.9 Å². The van der Waals surface area contributed by atoms with Crippen molar-refractivity contribution in [2.45, 2.75) is 20.0 Å². The standard InChI is InChI=1S/C19H19N3O2/c1-15-2-7-18(24-15)8-9-19(23)21-12-16-3-5-17(6-4-16)13-22-11-10-20-14-22/h2-11,14H,12-13H2,1H3,(H,21,23)/b9-8+. The lowest BCUT2D eigenvalue weighted by atomic mass is 10.1. The van der Waals surface area contributed by atoms with Crippen LogP contribution in [-0.2, 0) is 17.9 Å². The van der Waals surface area contributed by atoms with E-state index in [2.05, 4.69) is 22.4 Å². The Kier molecular flexibility index (Phi) is 4.91. The van der Waals surface area contributed by atoms with Crippen LogP contribution in [0.1, 0.15) is 22.6 Å². The molecular formula is C19H19N3O2. The van der Waals surface area contributed by atoms with Gasteiger partial charge in [-0.25, -0.2) is 4.98 Å². The van der Waals surface area contributed by atoms with Crippen molar-refractivity contribution in [3.63, 3.8) is 0 Å². The summed E-state index contributed by atoms with van der Waals surface area (Å²) >= 11 is 0. The van der Waals surface area contributed by atoms with Crippen LogP contribution in [0.15, 0.2) is 65.6 Å². The zero-order valence-electron chi connectivity index (χ0n) is 13.5. The molecule has 5 nitrogen and oxygen atoms in total. The molecule has 1 aromatic carbocycles. The van der Waals surface area contributed by atoms with Gasteiger partial charge in [-0.15, -0.1) is 0 Å². The lowest BCUT2D eigenvalue weighted by Crippen LogP contribution is -2.20. The minimum atomic E-state index is -0.147.